The summed E-state index contributed by atoms with van der Waals surface area (Å²) in [6.07, 6.45) is 0.425. The molecule has 0 atom stereocenters. The maximum atomic E-state index is 12.3. The predicted octanol–water partition coefficient (Wildman–Crippen LogP) is 3.36. The van der Waals surface area contributed by atoms with Gasteiger partial charge < -0.3 is 19.4 Å². The van der Waals surface area contributed by atoms with Crippen molar-refractivity contribution in [2.45, 2.75) is 33.7 Å². The highest BCUT2D eigenvalue weighted by Gasteiger charge is 2.14. The highest BCUT2D eigenvalue weighted by atomic mass is 16.5. The van der Waals surface area contributed by atoms with Gasteiger partial charge in [0.25, 0.3) is 5.91 Å². The molecule has 1 N–H and O–H groups in total. The minimum atomic E-state index is -0.111. The summed E-state index contributed by atoms with van der Waals surface area (Å²) in [5, 5.41) is 2.76. The molecule has 2 aromatic rings. The van der Waals surface area contributed by atoms with E-state index in [1.54, 1.807) is 36.1 Å². The van der Waals surface area contributed by atoms with Gasteiger partial charge in [-0.3, -0.25) is 9.59 Å². The van der Waals surface area contributed by atoms with Gasteiger partial charge >= 0.3 is 0 Å². The minimum absolute atomic E-state index is 0.0457. The average molecular weight is 344 g/mol. The number of carbonyl (C=O) groups excluding carboxylic acids is 2. The van der Waals surface area contributed by atoms with E-state index in [0.717, 1.165) is 11.5 Å². The van der Waals surface area contributed by atoms with E-state index in [1.165, 1.54) is 0 Å². The van der Waals surface area contributed by atoms with Crippen molar-refractivity contribution in [2.24, 2.45) is 0 Å². The van der Waals surface area contributed by atoms with Gasteiger partial charge in [0.1, 0.15) is 17.3 Å². The molecular weight excluding hydrogens is 320 g/mol. The van der Waals surface area contributed by atoms with Gasteiger partial charge in [0.05, 0.1) is 6.54 Å². The van der Waals surface area contributed by atoms with Crippen LogP contribution in [0.15, 0.2) is 40.8 Å². The van der Waals surface area contributed by atoms with Crippen LogP contribution in [0.5, 0.6) is 5.75 Å². The molecule has 1 aromatic carbocycles. The van der Waals surface area contributed by atoms with Crippen LogP contribution in [0.1, 0.15) is 31.8 Å². The van der Waals surface area contributed by atoms with E-state index in [0.29, 0.717) is 30.9 Å². The zero-order valence-electron chi connectivity index (χ0n) is 14.9. The van der Waals surface area contributed by atoms with Gasteiger partial charge in [0.2, 0.25) is 5.91 Å². The second-order valence-electron chi connectivity index (χ2n) is 5.64. The van der Waals surface area contributed by atoms with Crippen molar-refractivity contribution in [2.75, 3.05) is 18.5 Å². The third-order valence-corrected chi connectivity index (χ3v) is 3.70. The summed E-state index contributed by atoms with van der Waals surface area (Å²) in [6, 6.07) is 10.7. The molecule has 0 bridgehead atoms. The number of amides is 2. The van der Waals surface area contributed by atoms with Gasteiger partial charge in [-0.15, -0.1) is 0 Å². The highest BCUT2D eigenvalue weighted by Crippen LogP contribution is 2.16. The summed E-state index contributed by atoms with van der Waals surface area (Å²) < 4.78 is 11.1. The third kappa shape index (κ3) is 5.67. The fourth-order valence-electron chi connectivity index (χ4n) is 2.25. The van der Waals surface area contributed by atoms with Crippen LogP contribution < -0.4 is 10.1 Å². The van der Waals surface area contributed by atoms with Crippen LogP contribution in [0.4, 0.5) is 5.69 Å². The monoisotopic (exact) mass is 344 g/mol. The maximum Gasteiger partial charge on any atom is 0.260 e. The van der Waals surface area contributed by atoms with Crippen LogP contribution in [-0.4, -0.2) is 29.9 Å². The summed E-state index contributed by atoms with van der Waals surface area (Å²) in [5.41, 5.74) is 0.703. The molecule has 2 rings (SSSR count). The van der Waals surface area contributed by atoms with E-state index < -0.39 is 0 Å². The van der Waals surface area contributed by atoms with E-state index in [-0.39, 0.29) is 18.4 Å². The summed E-state index contributed by atoms with van der Waals surface area (Å²) in [5.74, 6) is 2.00. The van der Waals surface area contributed by atoms with Crippen molar-refractivity contribution < 1.29 is 18.7 Å². The van der Waals surface area contributed by atoms with Crippen LogP contribution in [0.3, 0.4) is 0 Å². The maximum absolute atomic E-state index is 12.3. The summed E-state index contributed by atoms with van der Waals surface area (Å²) in [4.78, 5) is 25.3. The molecule has 0 saturated carbocycles. The molecule has 0 fully saturated rings. The molecule has 0 saturated heterocycles. The van der Waals surface area contributed by atoms with E-state index in [4.69, 9.17) is 9.15 Å². The number of aryl methyl sites for hydroxylation is 1. The first-order chi connectivity index (χ1) is 12.0. The Labute approximate surface area is 147 Å². The lowest BCUT2D eigenvalue weighted by Crippen LogP contribution is -2.34. The quantitative estimate of drug-likeness (QED) is 0.797. The number of hydrogen-bond donors (Lipinski definition) is 1. The number of likely N-dealkylation sites (N-methyl/N-ethyl adjacent to an activating group) is 1. The lowest BCUT2D eigenvalue weighted by atomic mass is 10.3. The zero-order chi connectivity index (χ0) is 18.2. The number of ether oxygens (including phenoxy) is 1. The summed E-state index contributed by atoms with van der Waals surface area (Å²) in [7, 11) is 0. The Morgan fingerprint density at radius 3 is 2.40 bits per heavy atom. The SMILES string of the molecule is CCC(=O)Nc1ccc(OCC(=O)N(CC)Cc2ccc(C)o2)cc1. The Morgan fingerprint density at radius 1 is 1.12 bits per heavy atom. The van der Waals surface area contributed by atoms with E-state index in [1.807, 2.05) is 26.0 Å². The van der Waals surface area contributed by atoms with Crippen molar-refractivity contribution in [3.63, 3.8) is 0 Å². The molecule has 0 aliphatic heterocycles. The Morgan fingerprint density at radius 2 is 1.84 bits per heavy atom. The number of carbonyl (C=O) groups is 2. The molecule has 0 aliphatic carbocycles. The van der Waals surface area contributed by atoms with Crippen molar-refractivity contribution in [3.8, 4) is 5.75 Å². The number of anilines is 1. The summed E-state index contributed by atoms with van der Waals surface area (Å²) >= 11 is 0. The van der Waals surface area contributed by atoms with Crippen LogP contribution >= 0.6 is 0 Å². The number of nitrogens with zero attached hydrogens (tertiary/aromatic N) is 1. The van der Waals surface area contributed by atoms with E-state index in [2.05, 4.69) is 5.32 Å². The average Bonchev–Trinajstić information content (AvgIpc) is 3.03. The van der Waals surface area contributed by atoms with Gasteiger partial charge in [-0.1, -0.05) is 6.92 Å². The highest BCUT2D eigenvalue weighted by molar-refractivity contribution is 5.90. The Bertz CT molecular complexity index is 706. The Kier molecular flexibility index (Phi) is 6.62. The van der Waals surface area contributed by atoms with Crippen LogP contribution in [0, 0.1) is 6.92 Å². The molecule has 1 heterocycles. The van der Waals surface area contributed by atoms with Gasteiger partial charge in [0, 0.05) is 18.7 Å². The fraction of sp³-hybridized carbons (Fsp3) is 0.368. The molecule has 0 unspecified atom stereocenters. The number of benzene rings is 1. The molecule has 6 nitrogen and oxygen atoms in total. The smallest absolute Gasteiger partial charge is 0.260 e. The second-order valence-corrected chi connectivity index (χ2v) is 5.64. The molecule has 6 heteroatoms. The molecular formula is C19H24N2O4. The van der Waals surface area contributed by atoms with Gasteiger partial charge in [-0.2, -0.15) is 0 Å². The normalized spacial score (nSPS) is 10.4. The molecule has 2 amide bonds. The summed E-state index contributed by atoms with van der Waals surface area (Å²) in [6.45, 7) is 6.53. The molecule has 25 heavy (non-hydrogen) atoms. The molecule has 0 radical (unpaired) electrons. The topological polar surface area (TPSA) is 71.8 Å². The molecule has 0 aliphatic rings. The third-order valence-electron chi connectivity index (χ3n) is 3.70. The first-order valence-corrected chi connectivity index (χ1v) is 8.37. The Hall–Kier alpha value is -2.76. The number of furan rings is 1. The molecule has 1 aromatic heterocycles. The van der Waals surface area contributed by atoms with E-state index >= 15 is 0 Å². The van der Waals surface area contributed by atoms with Crippen LogP contribution in [0.25, 0.3) is 0 Å². The first kappa shape index (κ1) is 18.6. The van der Waals surface area contributed by atoms with Crippen molar-refractivity contribution in [1.82, 2.24) is 4.90 Å². The number of hydrogen-bond acceptors (Lipinski definition) is 4. The second kappa shape index (κ2) is 8.92. The van der Waals surface area contributed by atoms with Crippen LogP contribution in [0.2, 0.25) is 0 Å². The standard InChI is InChI=1S/C19H24N2O4/c1-4-18(22)20-15-7-10-16(11-8-15)24-13-19(23)21(5-2)12-17-9-6-14(3)25-17/h6-11H,4-5,12-13H2,1-3H3,(H,20,22). The van der Waals surface area contributed by atoms with Crippen molar-refractivity contribution in [1.29, 1.82) is 0 Å². The van der Waals surface area contributed by atoms with Crippen molar-refractivity contribution in [3.05, 3.63) is 47.9 Å². The minimum Gasteiger partial charge on any atom is -0.484 e. The van der Waals surface area contributed by atoms with Gasteiger partial charge in [-0.05, 0) is 50.2 Å². The first-order valence-electron chi connectivity index (χ1n) is 8.37. The van der Waals surface area contributed by atoms with Crippen molar-refractivity contribution >= 4 is 17.5 Å². The Balaban J connectivity index is 1.86. The molecule has 134 valence electrons. The molecule has 0 spiro atoms. The van der Waals surface area contributed by atoms with Crippen LogP contribution in [-0.2, 0) is 16.1 Å². The fourth-order valence-corrected chi connectivity index (χ4v) is 2.25. The predicted molar refractivity (Wildman–Crippen MR) is 95.4 cm³/mol. The van der Waals surface area contributed by atoms with Gasteiger partial charge in [0.15, 0.2) is 6.61 Å². The lowest BCUT2D eigenvalue weighted by Gasteiger charge is -2.19. The number of rotatable bonds is 8. The number of nitrogens with one attached hydrogen (secondary N) is 1. The van der Waals surface area contributed by atoms with E-state index in [9.17, 15) is 9.59 Å². The van der Waals surface area contributed by atoms with Gasteiger partial charge in [-0.25, -0.2) is 0 Å². The lowest BCUT2D eigenvalue weighted by molar-refractivity contribution is -0.134. The zero-order valence-corrected chi connectivity index (χ0v) is 14.9. The largest absolute Gasteiger partial charge is 0.484 e.